The summed E-state index contributed by atoms with van der Waals surface area (Å²) in [6.45, 7) is 1.62. The Hall–Kier alpha value is -2.63. The summed E-state index contributed by atoms with van der Waals surface area (Å²) in [4.78, 5) is 33.2. The summed E-state index contributed by atoms with van der Waals surface area (Å²) in [6, 6.07) is 5.77. The second-order valence-corrected chi connectivity index (χ2v) is 3.76. The summed E-state index contributed by atoms with van der Waals surface area (Å²) >= 11 is 0. The molecule has 0 radical (unpaired) electrons. The number of aromatic amines is 1. The van der Waals surface area contributed by atoms with E-state index in [0.717, 1.165) is 0 Å². The Morgan fingerprint density at radius 3 is 2.39 bits per heavy atom. The molecule has 18 heavy (non-hydrogen) atoms. The number of carboxylic acid groups (broad SMARTS) is 1. The molecule has 2 rings (SSSR count). The predicted octanol–water partition coefficient (Wildman–Crippen LogP) is 0.985. The molecule has 0 bridgehead atoms. The molecule has 2 N–H and O–H groups in total. The van der Waals surface area contributed by atoms with Crippen LogP contribution in [0.3, 0.4) is 0 Å². The third-order valence-corrected chi connectivity index (χ3v) is 2.61. The van der Waals surface area contributed by atoms with Crippen molar-refractivity contribution < 1.29 is 14.7 Å². The predicted molar refractivity (Wildman–Crippen MR) is 63.5 cm³/mol. The van der Waals surface area contributed by atoms with E-state index in [9.17, 15) is 14.4 Å². The number of nitrogens with one attached hydrogen (secondary N) is 1. The number of aryl methyl sites for hydroxylation is 1. The molecule has 0 amide bonds. The van der Waals surface area contributed by atoms with Gasteiger partial charge in [0, 0.05) is 5.69 Å². The molecule has 1 aromatic carbocycles. The number of H-pyrrole nitrogens is 1. The van der Waals surface area contributed by atoms with Crippen LogP contribution in [-0.2, 0) is 0 Å². The minimum Gasteiger partial charge on any atom is -0.478 e. The zero-order chi connectivity index (χ0) is 13.3. The topological polar surface area (TPSA) is 92.2 Å². The fourth-order valence-electron chi connectivity index (χ4n) is 1.63. The molecule has 0 saturated carbocycles. The summed E-state index contributed by atoms with van der Waals surface area (Å²) in [5.74, 6) is -1.04. The number of carbonyl (C=O) groups excluding carboxylic acids is 1. The van der Waals surface area contributed by atoms with E-state index in [1.807, 2.05) is 0 Å². The summed E-state index contributed by atoms with van der Waals surface area (Å²) in [6.07, 6.45) is 0.496. The van der Waals surface area contributed by atoms with Crippen molar-refractivity contribution >= 4 is 12.3 Å². The molecule has 2 aromatic rings. The monoisotopic (exact) mass is 246 g/mol. The fraction of sp³-hybridized carbons (Fsp3) is 0.0833. The van der Waals surface area contributed by atoms with E-state index in [1.54, 1.807) is 6.92 Å². The molecular formula is C12H10N2O4. The summed E-state index contributed by atoms with van der Waals surface area (Å²) in [5, 5.41) is 11.5. The first-order chi connectivity index (χ1) is 8.54. The van der Waals surface area contributed by atoms with E-state index in [4.69, 9.17) is 5.11 Å². The highest BCUT2D eigenvalue weighted by molar-refractivity contribution is 5.87. The van der Waals surface area contributed by atoms with Crippen LogP contribution in [0.5, 0.6) is 0 Å². The molecule has 0 aliphatic rings. The van der Waals surface area contributed by atoms with Gasteiger partial charge in [-0.25, -0.2) is 9.48 Å². The number of hydrogen-bond donors (Lipinski definition) is 2. The Morgan fingerprint density at radius 1 is 1.33 bits per heavy atom. The second-order valence-electron chi connectivity index (χ2n) is 3.76. The van der Waals surface area contributed by atoms with Crippen LogP contribution >= 0.6 is 0 Å². The molecule has 0 aliphatic carbocycles. The van der Waals surface area contributed by atoms with Crippen molar-refractivity contribution in [1.82, 2.24) is 9.78 Å². The lowest BCUT2D eigenvalue weighted by atomic mass is 10.2. The van der Waals surface area contributed by atoms with Crippen LogP contribution in [-0.4, -0.2) is 27.1 Å². The highest BCUT2D eigenvalue weighted by Gasteiger charge is 2.11. The molecule has 0 unspecified atom stereocenters. The van der Waals surface area contributed by atoms with E-state index in [2.05, 4.69) is 5.10 Å². The minimum absolute atomic E-state index is 0.0670. The molecule has 6 nitrogen and oxygen atoms in total. The Bertz CT molecular complexity index is 664. The molecule has 0 atom stereocenters. The summed E-state index contributed by atoms with van der Waals surface area (Å²) in [5.41, 5.74) is 0.687. The van der Waals surface area contributed by atoms with Gasteiger partial charge in [-0.15, -0.1) is 0 Å². The minimum atomic E-state index is -1.04. The van der Waals surface area contributed by atoms with Gasteiger partial charge in [-0.3, -0.25) is 14.7 Å². The largest absolute Gasteiger partial charge is 0.478 e. The van der Waals surface area contributed by atoms with Gasteiger partial charge >= 0.3 is 5.97 Å². The zero-order valence-electron chi connectivity index (χ0n) is 9.51. The van der Waals surface area contributed by atoms with Gasteiger partial charge in [-0.05, 0) is 31.2 Å². The van der Waals surface area contributed by atoms with Crippen LogP contribution in [0.25, 0.3) is 5.69 Å². The molecular weight excluding hydrogens is 236 g/mol. The second kappa shape index (κ2) is 4.33. The van der Waals surface area contributed by atoms with Crippen molar-refractivity contribution in [3.05, 3.63) is 51.4 Å². The van der Waals surface area contributed by atoms with Crippen molar-refractivity contribution in [2.75, 3.05) is 0 Å². The van der Waals surface area contributed by atoms with Crippen molar-refractivity contribution in [1.29, 1.82) is 0 Å². The van der Waals surface area contributed by atoms with E-state index >= 15 is 0 Å². The first-order valence-electron chi connectivity index (χ1n) is 5.15. The zero-order valence-corrected chi connectivity index (χ0v) is 9.51. The maximum atomic E-state index is 11.8. The summed E-state index contributed by atoms with van der Waals surface area (Å²) < 4.78 is 1.20. The van der Waals surface area contributed by atoms with Crippen LogP contribution in [0.4, 0.5) is 0 Å². The Kier molecular flexibility index (Phi) is 2.85. The van der Waals surface area contributed by atoms with Crippen molar-refractivity contribution in [2.24, 2.45) is 0 Å². The van der Waals surface area contributed by atoms with Crippen molar-refractivity contribution in [3.63, 3.8) is 0 Å². The quantitative estimate of drug-likeness (QED) is 0.790. The van der Waals surface area contributed by atoms with Gasteiger partial charge in [0.25, 0.3) is 5.56 Å². The number of benzene rings is 1. The smallest absolute Gasteiger partial charge is 0.335 e. The SMILES string of the molecule is Cc1[nH]n(-c2ccc(C(=O)O)cc2)c(=O)c1C=O. The average molecular weight is 246 g/mol. The van der Waals surface area contributed by atoms with Gasteiger partial charge in [0.05, 0.1) is 11.3 Å². The van der Waals surface area contributed by atoms with Gasteiger partial charge in [-0.1, -0.05) is 0 Å². The third-order valence-electron chi connectivity index (χ3n) is 2.61. The third kappa shape index (κ3) is 1.84. The van der Waals surface area contributed by atoms with Crippen molar-refractivity contribution in [2.45, 2.75) is 6.92 Å². The molecule has 1 aromatic heterocycles. The number of aromatic carboxylic acids is 1. The van der Waals surface area contributed by atoms with E-state index < -0.39 is 11.5 Å². The highest BCUT2D eigenvalue weighted by Crippen LogP contribution is 2.08. The standard InChI is InChI=1S/C12H10N2O4/c1-7-10(6-15)11(16)14(13-7)9-4-2-8(3-5-9)12(17)18/h2-6,13H,1H3,(H,17,18). The fourth-order valence-corrected chi connectivity index (χ4v) is 1.63. The Balaban J connectivity index is 2.53. The van der Waals surface area contributed by atoms with Gasteiger partial charge < -0.3 is 5.11 Å². The maximum Gasteiger partial charge on any atom is 0.335 e. The molecule has 0 saturated heterocycles. The van der Waals surface area contributed by atoms with E-state index in [0.29, 0.717) is 17.7 Å². The maximum absolute atomic E-state index is 11.8. The van der Waals surface area contributed by atoms with Gasteiger partial charge in [-0.2, -0.15) is 0 Å². The molecule has 1 heterocycles. The summed E-state index contributed by atoms with van der Waals surface area (Å²) in [7, 11) is 0. The van der Waals surface area contributed by atoms with Gasteiger partial charge in [0.1, 0.15) is 5.56 Å². The average Bonchev–Trinajstić information content (AvgIpc) is 2.64. The number of rotatable bonds is 3. The highest BCUT2D eigenvalue weighted by atomic mass is 16.4. The first kappa shape index (κ1) is 11.8. The number of nitrogens with zero attached hydrogens (tertiary/aromatic N) is 1. The lowest BCUT2D eigenvalue weighted by Crippen LogP contribution is -2.17. The number of carbonyl (C=O) groups is 2. The lowest BCUT2D eigenvalue weighted by Gasteiger charge is -2.01. The molecule has 0 fully saturated rings. The van der Waals surface area contributed by atoms with Gasteiger partial charge in [0.15, 0.2) is 6.29 Å². The van der Waals surface area contributed by atoms with Crippen LogP contribution in [0.1, 0.15) is 26.4 Å². The molecule has 0 aliphatic heterocycles. The number of aldehydes is 1. The van der Waals surface area contributed by atoms with E-state index in [1.165, 1.54) is 28.9 Å². The van der Waals surface area contributed by atoms with Crippen LogP contribution in [0.15, 0.2) is 29.1 Å². The molecule has 92 valence electrons. The normalized spacial score (nSPS) is 10.3. The number of carboxylic acids is 1. The Labute approximate surface area is 101 Å². The van der Waals surface area contributed by atoms with Gasteiger partial charge in [0.2, 0.25) is 0 Å². The number of aromatic nitrogens is 2. The van der Waals surface area contributed by atoms with Crippen LogP contribution in [0.2, 0.25) is 0 Å². The van der Waals surface area contributed by atoms with Crippen molar-refractivity contribution in [3.8, 4) is 5.69 Å². The lowest BCUT2D eigenvalue weighted by molar-refractivity contribution is 0.0696. The van der Waals surface area contributed by atoms with Crippen LogP contribution in [0, 0.1) is 6.92 Å². The number of hydrogen-bond acceptors (Lipinski definition) is 3. The first-order valence-corrected chi connectivity index (χ1v) is 5.15. The Morgan fingerprint density at radius 2 is 1.94 bits per heavy atom. The molecule has 0 spiro atoms. The van der Waals surface area contributed by atoms with E-state index in [-0.39, 0.29) is 11.1 Å². The molecule has 6 heteroatoms. The van der Waals surface area contributed by atoms with Crippen LogP contribution < -0.4 is 5.56 Å².